The molecule has 1 heterocycles. The zero-order chi connectivity index (χ0) is 15.7. The molecule has 0 saturated carbocycles. The number of nitrogens with zero attached hydrogens (tertiary/aromatic N) is 1. The van der Waals surface area contributed by atoms with Gasteiger partial charge in [-0.15, -0.1) is 0 Å². The fraction of sp³-hybridized carbons (Fsp3) is 0.267. The van der Waals surface area contributed by atoms with Crippen molar-refractivity contribution in [1.29, 1.82) is 0 Å². The van der Waals surface area contributed by atoms with E-state index in [1.54, 1.807) is 7.11 Å². The highest BCUT2D eigenvalue weighted by atomic mass is 16.5. The number of carboxylic acid groups (broad SMARTS) is 1. The second-order valence-corrected chi connectivity index (χ2v) is 4.90. The second kappa shape index (κ2) is 5.51. The molecule has 2 aromatic rings. The van der Waals surface area contributed by atoms with E-state index in [0.29, 0.717) is 24.2 Å². The molecule has 0 saturated heterocycles. The molecular weight excluding hydrogens is 288 g/mol. The summed E-state index contributed by atoms with van der Waals surface area (Å²) in [4.78, 5) is 22.5. The molecule has 7 heteroatoms. The summed E-state index contributed by atoms with van der Waals surface area (Å²) < 4.78 is 10.7. The van der Waals surface area contributed by atoms with E-state index in [9.17, 15) is 9.59 Å². The van der Waals surface area contributed by atoms with Gasteiger partial charge in [-0.25, -0.2) is 0 Å². The molecule has 0 atom stereocenters. The minimum Gasteiger partial charge on any atom is -0.496 e. The van der Waals surface area contributed by atoms with E-state index >= 15 is 0 Å². The lowest BCUT2D eigenvalue weighted by molar-refractivity contribution is -0.135. The molecule has 3 rings (SSSR count). The van der Waals surface area contributed by atoms with E-state index in [4.69, 9.17) is 14.4 Å². The van der Waals surface area contributed by atoms with E-state index in [0.717, 1.165) is 16.9 Å². The SMILES string of the molecule is COc1cccc2c1CCc1c(C(=O)NCC(=O)O)noc1-2. The number of aliphatic carboxylic acids is 1. The number of rotatable bonds is 4. The second-order valence-electron chi connectivity index (χ2n) is 4.90. The number of fused-ring (bicyclic) bond motifs is 3. The quantitative estimate of drug-likeness (QED) is 0.881. The third-order valence-corrected chi connectivity index (χ3v) is 3.63. The van der Waals surface area contributed by atoms with Gasteiger partial charge in [0, 0.05) is 16.7 Å². The van der Waals surface area contributed by atoms with Crippen LogP contribution in [0.5, 0.6) is 5.75 Å². The van der Waals surface area contributed by atoms with Crippen molar-refractivity contribution < 1.29 is 24.0 Å². The fourth-order valence-corrected chi connectivity index (χ4v) is 2.65. The normalized spacial score (nSPS) is 12.2. The Balaban J connectivity index is 1.96. The number of carboxylic acids is 1. The van der Waals surface area contributed by atoms with E-state index < -0.39 is 18.4 Å². The number of hydrogen-bond acceptors (Lipinski definition) is 5. The van der Waals surface area contributed by atoms with Gasteiger partial charge in [-0.1, -0.05) is 17.3 Å². The summed E-state index contributed by atoms with van der Waals surface area (Å²) in [5.41, 5.74) is 2.71. The number of carbonyl (C=O) groups excluding carboxylic acids is 1. The fourth-order valence-electron chi connectivity index (χ4n) is 2.65. The maximum atomic E-state index is 12.0. The van der Waals surface area contributed by atoms with Crippen molar-refractivity contribution in [2.45, 2.75) is 12.8 Å². The molecule has 1 aromatic carbocycles. The summed E-state index contributed by atoms with van der Waals surface area (Å²) in [6, 6.07) is 5.61. The third-order valence-electron chi connectivity index (χ3n) is 3.63. The van der Waals surface area contributed by atoms with Gasteiger partial charge >= 0.3 is 5.97 Å². The van der Waals surface area contributed by atoms with Crippen molar-refractivity contribution in [3.63, 3.8) is 0 Å². The van der Waals surface area contributed by atoms with Crippen LogP contribution in [0.25, 0.3) is 11.3 Å². The predicted molar refractivity (Wildman–Crippen MR) is 75.9 cm³/mol. The zero-order valence-corrected chi connectivity index (χ0v) is 11.9. The van der Waals surface area contributed by atoms with Gasteiger partial charge in [0.25, 0.3) is 5.91 Å². The molecule has 1 aliphatic carbocycles. The monoisotopic (exact) mass is 302 g/mol. The molecule has 22 heavy (non-hydrogen) atoms. The van der Waals surface area contributed by atoms with Gasteiger partial charge < -0.3 is 19.7 Å². The molecule has 1 aromatic heterocycles. The Hall–Kier alpha value is -2.83. The number of nitrogens with one attached hydrogen (secondary N) is 1. The standard InChI is InChI=1S/C15H14N2O5/c1-21-11-4-2-3-9-8(11)5-6-10-13(17-22-14(9)10)15(20)16-7-12(18)19/h2-4H,5-7H2,1H3,(H,16,20)(H,18,19). The van der Waals surface area contributed by atoms with Crippen LogP contribution < -0.4 is 10.1 Å². The Bertz CT molecular complexity index is 750. The van der Waals surface area contributed by atoms with Crippen LogP contribution in [0.15, 0.2) is 22.7 Å². The molecule has 0 radical (unpaired) electrons. The Kier molecular flexibility index (Phi) is 3.54. The minimum atomic E-state index is -1.11. The van der Waals surface area contributed by atoms with E-state index in [-0.39, 0.29) is 5.69 Å². The van der Waals surface area contributed by atoms with Crippen LogP contribution >= 0.6 is 0 Å². The number of ether oxygens (including phenoxy) is 1. The van der Waals surface area contributed by atoms with Gasteiger partial charge in [0.2, 0.25) is 0 Å². The number of carbonyl (C=O) groups is 2. The highest BCUT2D eigenvalue weighted by Gasteiger charge is 2.29. The Morgan fingerprint density at radius 3 is 2.86 bits per heavy atom. The molecule has 7 nitrogen and oxygen atoms in total. The summed E-state index contributed by atoms with van der Waals surface area (Å²) in [5.74, 6) is -0.336. The van der Waals surface area contributed by atoms with E-state index in [1.807, 2.05) is 18.2 Å². The summed E-state index contributed by atoms with van der Waals surface area (Å²) >= 11 is 0. The average Bonchev–Trinajstić information content (AvgIpc) is 2.96. The molecule has 0 unspecified atom stereocenters. The topological polar surface area (TPSA) is 102 Å². The number of methoxy groups -OCH3 is 1. The van der Waals surface area contributed by atoms with Gasteiger partial charge in [-0.2, -0.15) is 0 Å². The van der Waals surface area contributed by atoms with Crippen LogP contribution in [0.4, 0.5) is 0 Å². The van der Waals surface area contributed by atoms with E-state index in [2.05, 4.69) is 10.5 Å². The Morgan fingerprint density at radius 1 is 1.36 bits per heavy atom. The number of aromatic nitrogens is 1. The van der Waals surface area contributed by atoms with Crippen LogP contribution in [0, 0.1) is 0 Å². The minimum absolute atomic E-state index is 0.143. The number of benzene rings is 1. The van der Waals surface area contributed by atoms with Crippen LogP contribution in [0.2, 0.25) is 0 Å². The van der Waals surface area contributed by atoms with Crippen molar-refractivity contribution >= 4 is 11.9 Å². The average molecular weight is 302 g/mol. The largest absolute Gasteiger partial charge is 0.496 e. The van der Waals surface area contributed by atoms with Crippen LogP contribution in [-0.2, 0) is 17.6 Å². The molecule has 1 aliphatic rings. The molecular formula is C15H14N2O5. The highest BCUT2D eigenvalue weighted by molar-refractivity contribution is 5.97. The molecule has 1 amide bonds. The zero-order valence-electron chi connectivity index (χ0n) is 11.9. The summed E-state index contributed by atoms with van der Waals surface area (Å²) in [7, 11) is 1.61. The predicted octanol–water partition coefficient (Wildman–Crippen LogP) is 1.26. The lowest BCUT2D eigenvalue weighted by atomic mass is 9.89. The smallest absolute Gasteiger partial charge is 0.322 e. The molecule has 0 fully saturated rings. The van der Waals surface area contributed by atoms with Crippen molar-refractivity contribution in [2.75, 3.05) is 13.7 Å². The summed E-state index contributed by atoms with van der Waals surface area (Å²) in [6.45, 7) is -0.453. The van der Waals surface area contributed by atoms with Gasteiger partial charge in [0.05, 0.1) is 7.11 Å². The molecule has 0 spiro atoms. The van der Waals surface area contributed by atoms with Crippen molar-refractivity contribution in [3.8, 4) is 17.1 Å². The lowest BCUT2D eigenvalue weighted by Crippen LogP contribution is -2.30. The maximum Gasteiger partial charge on any atom is 0.322 e. The first-order chi connectivity index (χ1) is 10.6. The molecule has 0 bridgehead atoms. The number of hydrogen-bond donors (Lipinski definition) is 2. The Labute approximate surface area is 125 Å². The lowest BCUT2D eigenvalue weighted by Gasteiger charge is -2.17. The molecule has 0 aliphatic heterocycles. The molecule has 2 N–H and O–H groups in total. The van der Waals surface area contributed by atoms with E-state index in [1.165, 1.54) is 0 Å². The van der Waals surface area contributed by atoms with Gasteiger partial charge in [0.15, 0.2) is 11.5 Å². The van der Waals surface area contributed by atoms with Crippen molar-refractivity contribution in [2.24, 2.45) is 0 Å². The first kappa shape index (κ1) is 14.1. The first-order valence-corrected chi connectivity index (χ1v) is 6.76. The van der Waals surface area contributed by atoms with Gasteiger partial charge in [-0.3, -0.25) is 9.59 Å². The Morgan fingerprint density at radius 2 is 2.14 bits per heavy atom. The van der Waals surface area contributed by atoms with Crippen LogP contribution in [0.3, 0.4) is 0 Å². The van der Waals surface area contributed by atoms with Crippen molar-refractivity contribution in [3.05, 3.63) is 35.0 Å². The maximum absolute atomic E-state index is 12.0. The van der Waals surface area contributed by atoms with Gasteiger partial charge in [-0.05, 0) is 18.9 Å². The first-order valence-electron chi connectivity index (χ1n) is 6.76. The third kappa shape index (κ3) is 2.30. The summed E-state index contributed by atoms with van der Waals surface area (Å²) in [5, 5.41) is 14.7. The van der Waals surface area contributed by atoms with Crippen LogP contribution in [-0.4, -0.2) is 35.8 Å². The van der Waals surface area contributed by atoms with Crippen molar-refractivity contribution in [1.82, 2.24) is 10.5 Å². The number of amides is 1. The van der Waals surface area contributed by atoms with Crippen LogP contribution in [0.1, 0.15) is 21.6 Å². The highest BCUT2D eigenvalue weighted by Crippen LogP contribution is 2.39. The molecule has 114 valence electrons. The summed E-state index contributed by atoms with van der Waals surface area (Å²) in [6.07, 6.45) is 1.29. The van der Waals surface area contributed by atoms with Gasteiger partial charge in [0.1, 0.15) is 12.3 Å².